The summed E-state index contributed by atoms with van der Waals surface area (Å²) in [7, 11) is 1.82. The lowest BCUT2D eigenvalue weighted by Gasteiger charge is -2.23. The molecule has 0 bridgehead atoms. The Bertz CT molecular complexity index is 453. The molecule has 0 amide bonds. The number of aliphatic carboxylic acids is 1. The van der Waals surface area contributed by atoms with Crippen LogP contribution < -0.4 is 0 Å². The smallest absolute Gasteiger partial charge is 0.317 e. The third-order valence-corrected chi connectivity index (χ3v) is 3.61. The third-order valence-electron chi connectivity index (χ3n) is 3.61. The van der Waals surface area contributed by atoms with Crippen molar-refractivity contribution in [1.82, 2.24) is 9.80 Å². The van der Waals surface area contributed by atoms with E-state index in [4.69, 9.17) is 5.11 Å². The maximum atomic E-state index is 13.6. The minimum absolute atomic E-state index is 0.0538. The molecule has 1 aliphatic heterocycles. The molecule has 0 radical (unpaired) electrons. The van der Waals surface area contributed by atoms with Crippen molar-refractivity contribution >= 4 is 5.97 Å². The maximum absolute atomic E-state index is 13.6. The molecule has 19 heavy (non-hydrogen) atoms. The monoisotopic (exact) mass is 266 g/mol. The molecule has 1 aliphatic rings. The SMILES string of the molecule is CN(CC(=O)O)C1CCN(Cc2ccccc2F)C1. The summed E-state index contributed by atoms with van der Waals surface area (Å²) in [5.41, 5.74) is 0.698. The summed E-state index contributed by atoms with van der Waals surface area (Å²) in [5.74, 6) is -0.986. The van der Waals surface area contributed by atoms with E-state index in [0.717, 1.165) is 19.5 Å². The number of rotatable bonds is 5. The Labute approximate surface area is 112 Å². The molecule has 104 valence electrons. The van der Waals surface area contributed by atoms with E-state index < -0.39 is 5.97 Å². The van der Waals surface area contributed by atoms with Crippen molar-refractivity contribution in [2.24, 2.45) is 0 Å². The largest absolute Gasteiger partial charge is 0.480 e. The first-order chi connectivity index (χ1) is 9.06. The Balaban J connectivity index is 1.89. The number of halogens is 1. The van der Waals surface area contributed by atoms with E-state index in [2.05, 4.69) is 4.90 Å². The van der Waals surface area contributed by atoms with Gasteiger partial charge in [-0.3, -0.25) is 14.6 Å². The number of hydrogen-bond acceptors (Lipinski definition) is 3. The van der Waals surface area contributed by atoms with Gasteiger partial charge in [0.15, 0.2) is 0 Å². The van der Waals surface area contributed by atoms with Crippen molar-refractivity contribution in [2.45, 2.75) is 19.0 Å². The fourth-order valence-corrected chi connectivity index (χ4v) is 2.53. The molecule has 0 aliphatic carbocycles. The Morgan fingerprint density at radius 3 is 2.95 bits per heavy atom. The van der Waals surface area contributed by atoms with Gasteiger partial charge in [0.25, 0.3) is 0 Å². The summed E-state index contributed by atoms with van der Waals surface area (Å²) in [6.07, 6.45) is 0.929. The molecule has 1 aromatic carbocycles. The lowest BCUT2D eigenvalue weighted by atomic mass is 10.2. The molecule has 1 N–H and O–H groups in total. The zero-order valence-electron chi connectivity index (χ0n) is 11.1. The van der Waals surface area contributed by atoms with Crippen LogP contribution in [-0.2, 0) is 11.3 Å². The Hall–Kier alpha value is -1.46. The van der Waals surface area contributed by atoms with Crippen LogP contribution >= 0.6 is 0 Å². The number of carboxylic acid groups (broad SMARTS) is 1. The first-order valence-corrected chi connectivity index (χ1v) is 6.44. The molecule has 1 heterocycles. The molecule has 1 aromatic rings. The molecule has 2 rings (SSSR count). The summed E-state index contributed by atoms with van der Waals surface area (Å²) in [6, 6.07) is 7.03. The van der Waals surface area contributed by atoms with Gasteiger partial charge < -0.3 is 5.11 Å². The minimum atomic E-state index is -0.810. The molecule has 0 spiro atoms. The molecule has 5 heteroatoms. The van der Waals surface area contributed by atoms with Crippen molar-refractivity contribution in [2.75, 3.05) is 26.7 Å². The summed E-state index contributed by atoms with van der Waals surface area (Å²) < 4.78 is 13.6. The second kappa shape index (κ2) is 6.12. The van der Waals surface area contributed by atoms with Gasteiger partial charge in [-0.25, -0.2) is 4.39 Å². The third kappa shape index (κ3) is 3.75. The van der Waals surface area contributed by atoms with Gasteiger partial charge in [0, 0.05) is 31.2 Å². The number of carbonyl (C=O) groups is 1. The van der Waals surface area contributed by atoms with Gasteiger partial charge >= 0.3 is 5.97 Å². The van der Waals surface area contributed by atoms with Crippen molar-refractivity contribution in [3.63, 3.8) is 0 Å². The predicted molar refractivity (Wildman–Crippen MR) is 70.3 cm³/mol. The molecule has 0 aromatic heterocycles. The summed E-state index contributed by atoms with van der Waals surface area (Å²) in [4.78, 5) is 14.7. The Kier molecular flexibility index (Phi) is 4.50. The van der Waals surface area contributed by atoms with Crippen molar-refractivity contribution < 1.29 is 14.3 Å². The highest BCUT2D eigenvalue weighted by Crippen LogP contribution is 2.18. The second-order valence-electron chi connectivity index (χ2n) is 5.08. The lowest BCUT2D eigenvalue weighted by Crippen LogP contribution is -2.37. The fourth-order valence-electron chi connectivity index (χ4n) is 2.53. The normalized spacial score (nSPS) is 20.1. The van der Waals surface area contributed by atoms with E-state index in [1.165, 1.54) is 6.07 Å². The van der Waals surface area contributed by atoms with E-state index in [-0.39, 0.29) is 18.4 Å². The highest BCUT2D eigenvalue weighted by atomic mass is 19.1. The van der Waals surface area contributed by atoms with Gasteiger partial charge in [-0.15, -0.1) is 0 Å². The van der Waals surface area contributed by atoms with E-state index >= 15 is 0 Å². The molecule has 1 atom stereocenters. The molecule has 1 fully saturated rings. The summed E-state index contributed by atoms with van der Waals surface area (Å²) >= 11 is 0. The summed E-state index contributed by atoms with van der Waals surface area (Å²) in [6.45, 7) is 2.31. The van der Waals surface area contributed by atoms with Crippen molar-refractivity contribution in [3.8, 4) is 0 Å². The Morgan fingerprint density at radius 2 is 2.26 bits per heavy atom. The first kappa shape index (κ1) is 14.0. The van der Waals surface area contributed by atoms with E-state index in [1.807, 2.05) is 18.0 Å². The van der Waals surface area contributed by atoms with Crippen LogP contribution in [0.15, 0.2) is 24.3 Å². The first-order valence-electron chi connectivity index (χ1n) is 6.44. The van der Waals surface area contributed by atoms with Crippen LogP contribution in [0, 0.1) is 5.82 Å². The van der Waals surface area contributed by atoms with Crippen LogP contribution in [-0.4, -0.2) is 53.6 Å². The number of hydrogen-bond donors (Lipinski definition) is 1. The van der Waals surface area contributed by atoms with Crippen LogP contribution in [0.3, 0.4) is 0 Å². The number of likely N-dealkylation sites (N-methyl/N-ethyl adjacent to an activating group) is 1. The van der Waals surface area contributed by atoms with Crippen LogP contribution in [0.1, 0.15) is 12.0 Å². The van der Waals surface area contributed by atoms with Crippen LogP contribution in [0.4, 0.5) is 4.39 Å². The van der Waals surface area contributed by atoms with Gasteiger partial charge in [0.1, 0.15) is 5.82 Å². The van der Waals surface area contributed by atoms with Crippen LogP contribution in [0.5, 0.6) is 0 Å². The van der Waals surface area contributed by atoms with E-state index in [0.29, 0.717) is 12.1 Å². The van der Waals surface area contributed by atoms with E-state index in [9.17, 15) is 9.18 Å². The Morgan fingerprint density at radius 1 is 1.53 bits per heavy atom. The number of carboxylic acids is 1. The highest BCUT2D eigenvalue weighted by molar-refractivity contribution is 5.69. The predicted octanol–water partition coefficient (Wildman–Crippen LogP) is 1.42. The quantitative estimate of drug-likeness (QED) is 0.875. The fraction of sp³-hybridized carbons (Fsp3) is 0.500. The molecular formula is C14H19FN2O2. The van der Waals surface area contributed by atoms with Gasteiger partial charge in [-0.2, -0.15) is 0 Å². The minimum Gasteiger partial charge on any atom is -0.480 e. The second-order valence-corrected chi connectivity index (χ2v) is 5.08. The standard InChI is InChI=1S/C14H19FN2O2/c1-16(10-14(18)19)12-6-7-17(9-12)8-11-4-2-3-5-13(11)15/h2-5,12H,6-10H2,1H3,(H,18,19). The topological polar surface area (TPSA) is 43.8 Å². The zero-order valence-corrected chi connectivity index (χ0v) is 11.1. The van der Waals surface area contributed by atoms with E-state index in [1.54, 1.807) is 12.1 Å². The average molecular weight is 266 g/mol. The van der Waals surface area contributed by atoms with Gasteiger partial charge in [-0.05, 0) is 19.5 Å². The molecule has 0 saturated carbocycles. The molecule has 1 unspecified atom stereocenters. The zero-order chi connectivity index (χ0) is 13.8. The molecular weight excluding hydrogens is 247 g/mol. The average Bonchev–Trinajstić information content (AvgIpc) is 2.80. The molecule has 1 saturated heterocycles. The van der Waals surface area contributed by atoms with Gasteiger partial charge in [0.05, 0.1) is 6.54 Å². The number of nitrogens with zero attached hydrogens (tertiary/aromatic N) is 2. The number of benzene rings is 1. The molecule has 4 nitrogen and oxygen atoms in total. The van der Waals surface area contributed by atoms with Gasteiger partial charge in [0.2, 0.25) is 0 Å². The lowest BCUT2D eigenvalue weighted by molar-refractivity contribution is -0.138. The van der Waals surface area contributed by atoms with Crippen LogP contribution in [0.2, 0.25) is 0 Å². The van der Waals surface area contributed by atoms with Crippen molar-refractivity contribution in [1.29, 1.82) is 0 Å². The highest BCUT2D eigenvalue weighted by Gasteiger charge is 2.26. The number of likely N-dealkylation sites (tertiary alicyclic amines) is 1. The van der Waals surface area contributed by atoms with Crippen LogP contribution in [0.25, 0.3) is 0 Å². The van der Waals surface area contributed by atoms with Crippen molar-refractivity contribution in [3.05, 3.63) is 35.6 Å². The maximum Gasteiger partial charge on any atom is 0.317 e. The van der Waals surface area contributed by atoms with Gasteiger partial charge in [-0.1, -0.05) is 18.2 Å². The summed E-state index contributed by atoms with van der Waals surface area (Å²) in [5, 5.41) is 8.78.